The summed E-state index contributed by atoms with van der Waals surface area (Å²) in [6.07, 6.45) is 2.35. The highest BCUT2D eigenvalue weighted by atomic mass is 16.5. The maximum absolute atomic E-state index is 12.8. The molecule has 2 aliphatic heterocycles. The molecule has 9 heteroatoms. The fourth-order valence-electron chi connectivity index (χ4n) is 3.56. The fourth-order valence-corrected chi connectivity index (χ4v) is 3.56. The molecule has 0 saturated carbocycles. The molecule has 2 heterocycles. The van der Waals surface area contributed by atoms with Crippen molar-refractivity contribution in [3.05, 3.63) is 35.9 Å². The largest absolute Gasteiger partial charge is 0.497 e. The van der Waals surface area contributed by atoms with E-state index < -0.39 is 11.9 Å². The predicted molar refractivity (Wildman–Crippen MR) is 104 cm³/mol. The van der Waals surface area contributed by atoms with Gasteiger partial charge in [0.25, 0.3) is 5.91 Å². The molecule has 158 valence electrons. The number of rotatable bonds is 5. The number of carboxylic acids is 2. The van der Waals surface area contributed by atoms with Crippen LogP contribution in [-0.4, -0.2) is 73.4 Å². The van der Waals surface area contributed by atoms with Crippen LogP contribution >= 0.6 is 0 Å². The Morgan fingerprint density at radius 3 is 2.10 bits per heavy atom. The predicted octanol–water partition coefficient (Wildman–Crippen LogP) is 1.10. The molecule has 0 spiro atoms. The number of carbonyl (C=O) groups is 3. The van der Waals surface area contributed by atoms with Crippen LogP contribution in [0.2, 0.25) is 0 Å². The molecule has 2 fully saturated rings. The van der Waals surface area contributed by atoms with Gasteiger partial charge in [0, 0.05) is 31.3 Å². The molecular weight excluding hydrogens is 380 g/mol. The van der Waals surface area contributed by atoms with Crippen LogP contribution in [0, 0.1) is 11.8 Å². The molecule has 0 radical (unpaired) electrons. The maximum Gasteiger partial charge on any atom is 0.328 e. The van der Waals surface area contributed by atoms with Gasteiger partial charge in [0.05, 0.1) is 19.8 Å². The number of aliphatic carboxylic acids is 2. The van der Waals surface area contributed by atoms with Crippen molar-refractivity contribution in [3.63, 3.8) is 0 Å². The molecule has 2 aliphatic rings. The van der Waals surface area contributed by atoms with Crippen molar-refractivity contribution in [2.24, 2.45) is 11.8 Å². The van der Waals surface area contributed by atoms with Crippen molar-refractivity contribution in [2.45, 2.75) is 6.42 Å². The first-order chi connectivity index (χ1) is 13.8. The molecule has 2 atom stereocenters. The van der Waals surface area contributed by atoms with Crippen LogP contribution in [-0.2, 0) is 9.59 Å². The molecule has 0 aromatic heterocycles. The van der Waals surface area contributed by atoms with Gasteiger partial charge in [-0.1, -0.05) is 0 Å². The molecule has 2 bridgehead atoms. The van der Waals surface area contributed by atoms with Gasteiger partial charge in [-0.2, -0.15) is 0 Å². The Labute approximate surface area is 168 Å². The standard InChI is InChI=1S/C16H22N2O3.C4H4O4/c1-20-13-3-4-14(15(6-13)21-2)16(19)18-9-11-5-12(10-18)8-17-7-11;5-3(6)1-2-4(7)8/h3-4,6,11-12,17H,5,7-10H2,1-2H3;1-2H,(H,5,6)(H,7,8)/b;2-1+/t11-,12+;. The van der Waals surface area contributed by atoms with E-state index in [2.05, 4.69) is 5.32 Å². The summed E-state index contributed by atoms with van der Waals surface area (Å²) in [5.74, 6) is -0.0291. The molecule has 29 heavy (non-hydrogen) atoms. The number of nitrogens with one attached hydrogen (secondary N) is 1. The summed E-state index contributed by atoms with van der Waals surface area (Å²) in [6, 6.07) is 5.37. The van der Waals surface area contributed by atoms with E-state index in [1.165, 1.54) is 6.42 Å². The second kappa shape index (κ2) is 10.5. The molecule has 9 nitrogen and oxygen atoms in total. The van der Waals surface area contributed by atoms with Gasteiger partial charge in [0.1, 0.15) is 11.5 Å². The van der Waals surface area contributed by atoms with Crippen molar-refractivity contribution in [1.82, 2.24) is 10.2 Å². The Morgan fingerprint density at radius 1 is 1.03 bits per heavy atom. The molecule has 1 amide bonds. The van der Waals surface area contributed by atoms with Gasteiger partial charge in [-0.25, -0.2) is 9.59 Å². The molecule has 1 aromatic rings. The Bertz CT molecular complexity index is 750. The minimum Gasteiger partial charge on any atom is -0.497 e. The number of ether oxygens (including phenoxy) is 2. The molecule has 2 saturated heterocycles. The summed E-state index contributed by atoms with van der Waals surface area (Å²) in [5.41, 5.74) is 0.617. The minimum absolute atomic E-state index is 0.0612. The number of nitrogens with zero attached hydrogens (tertiary/aromatic N) is 1. The normalized spacial score (nSPS) is 20.4. The number of amides is 1. The number of benzene rings is 1. The average molecular weight is 406 g/mol. The number of piperidine rings is 2. The van der Waals surface area contributed by atoms with Crippen LogP contribution in [0.15, 0.2) is 30.4 Å². The van der Waals surface area contributed by atoms with E-state index in [0.29, 0.717) is 41.1 Å². The van der Waals surface area contributed by atoms with Gasteiger partial charge >= 0.3 is 11.9 Å². The zero-order valence-electron chi connectivity index (χ0n) is 16.5. The second-order valence-corrected chi connectivity index (χ2v) is 6.91. The highest BCUT2D eigenvalue weighted by Gasteiger charge is 2.33. The number of hydrogen-bond donors (Lipinski definition) is 3. The molecular formula is C20H26N2O7. The third-order valence-corrected chi connectivity index (χ3v) is 4.78. The van der Waals surface area contributed by atoms with Crippen LogP contribution in [0.25, 0.3) is 0 Å². The quantitative estimate of drug-likeness (QED) is 0.621. The smallest absolute Gasteiger partial charge is 0.328 e. The molecule has 1 aromatic carbocycles. The van der Waals surface area contributed by atoms with Gasteiger partial charge < -0.3 is 29.9 Å². The van der Waals surface area contributed by atoms with Crippen LogP contribution in [0.1, 0.15) is 16.8 Å². The van der Waals surface area contributed by atoms with Crippen LogP contribution in [0.3, 0.4) is 0 Å². The zero-order valence-corrected chi connectivity index (χ0v) is 16.5. The number of methoxy groups -OCH3 is 2. The number of likely N-dealkylation sites (tertiary alicyclic amines) is 1. The fraction of sp³-hybridized carbons (Fsp3) is 0.450. The van der Waals surface area contributed by atoms with E-state index in [-0.39, 0.29) is 5.91 Å². The van der Waals surface area contributed by atoms with E-state index in [9.17, 15) is 14.4 Å². The Kier molecular flexibility index (Phi) is 8.02. The Morgan fingerprint density at radius 2 is 1.62 bits per heavy atom. The molecule has 0 aliphatic carbocycles. The van der Waals surface area contributed by atoms with Gasteiger partial charge in [0.2, 0.25) is 0 Å². The molecule has 3 N–H and O–H groups in total. The lowest BCUT2D eigenvalue weighted by atomic mass is 9.85. The first kappa shape index (κ1) is 22.2. The summed E-state index contributed by atoms with van der Waals surface area (Å²) in [5, 5.41) is 19.1. The SMILES string of the molecule is COc1ccc(C(=O)N2C[C@@H]3CNC[C@@H](C3)C2)c(OC)c1.O=C(O)/C=C/C(=O)O. The van der Waals surface area contributed by atoms with Crippen molar-refractivity contribution < 1.29 is 34.1 Å². The number of carboxylic acid groups (broad SMARTS) is 2. The highest BCUT2D eigenvalue weighted by Crippen LogP contribution is 2.29. The van der Waals surface area contributed by atoms with Crippen molar-refractivity contribution in [3.8, 4) is 11.5 Å². The van der Waals surface area contributed by atoms with Crippen LogP contribution in [0.4, 0.5) is 0 Å². The number of fused-ring (bicyclic) bond motifs is 2. The maximum atomic E-state index is 12.8. The Hall–Kier alpha value is -3.07. The Balaban J connectivity index is 0.000000321. The number of carbonyl (C=O) groups excluding carboxylic acids is 1. The third kappa shape index (κ3) is 6.49. The monoisotopic (exact) mass is 406 g/mol. The topological polar surface area (TPSA) is 125 Å². The summed E-state index contributed by atoms with van der Waals surface area (Å²) < 4.78 is 10.5. The zero-order chi connectivity index (χ0) is 21.4. The van der Waals surface area contributed by atoms with Crippen molar-refractivity contribution in [2.75, 3.05) is 40.4 Å². The van der Waals surface area contributed by atoms with Gasteiger partial charge in [-0.3, -0.25) is 4.79 Å². The van der Waals surface area contributed by atoms with Crippen LogP contribution < -0.4 is 14.8 Å². The van der Waals surface area contributed by atoms with E-state index in [4.69, 9.17) is 19.7 Å². The van der Waals surface area contributed by atoms with Gasteiger partial charge in [0.15, 0.2) is 0 Å². The van der Waals surface area contributed by atoms with Crippen LogP contribution in [0.5, 0.6) is 11.5 Å². The summed E-state index contributed by atoms with van der Waals surface area (Å²) in [4.78, 5) is 33.9. The summed E-state index contributed by atoms with van der Waals surface area (Å²) >= 11 is 0. The second-order valence-electron chi connectivity index (χ2n) is 6.91. The van der Waals surface area contributed by atoms with E-state index in [0.717, 1.165) is 26.2 Å². The minimum atomic E-state index is -1.26. The van der Waals surface area contributed by atoms with Crippen molar-refractivity contribution >= 4 is 17.8 Å². The number of hydrogen-bond acceptors (Lipinski definition) is 6. The summed E-state index contributed by atoms with van der Waals surface area (Å²) in [6.45, 7) is 3.69. The lowest BCUT2D eigenvalue weighted by Gasteiger charge is -2.41. The van der Waals surface area contributed by atoms with E-state index in [1.54, 1.807) is 26.4 Å². The first-order valence-electron chi connectivity index (χ1n) is 9.20. The van der Waals surface area contributed by atoms with Gasteiger partial charge in [-0.05, 0) is 43.5 Å². The average Bonchev–Trinajstić information content (AvgIpc) is 2.71. The third-order valence-electron chi connectivity index (χ3n) is 4.78. The highest BCUT2D eigenvalue weighted by molar-refractivity contribution is 5.97. The lowest BCUT2D eigenvalue weighted by molar-refractivity contribution is -0.134. The van der Waals surface area contributed by atoms with E-state index >= 15 is 0 Å². The van der Waals surface area contributed by atoms with E-state index in [1.807, 2.05) is 11.0 Å². The summed E-state index contributed by atoms with van der Waals surface area (Å²) in [7, 11) is 3.19. The van der Waals surface area contributed by atoms with Gasteiger partial charge in [-0.15, -0.1) is 0 Å². The van der Waals surface area contributed by atoms with Crippen molar-refractivity contribution in [1.29, 1.82) is 0 Å². The molecule has 3 rings (SSSR count). The first-order valence-corrected chi connectivity index (χ1v) is 9.20. The molecule has 0 unspecified atom stereocenters. The lowest BCUT2D eigenvalue weighted by Crippen LogP contribution is -2.52.